The van der Waals surface area contributed by atoms with Crippen LogP contribution in [0.15, 0.2) is 87.0 Å². The smallest absolute Gasteiger partial charge is 0.283 e. The number of aryl methyl sites for hydroxylation is 2. The van der Waals surface area contributed by atoms with E-state index in [9.17, 15) is 16.8 Å². The van der Waals surface area contributed by atoms with E-state index in [-0.39, 0.29) is 22.2 Å². The lowest BCUT2D eigenvalue weighted by Gasteiger charge is -2.31. The van der Waals surface area contributed by atoms with E-state index in [1.165, 1.54) is 16.4 Å². The van der Waals surface area contributed by atoms with Crippen LogP contribution in [0.4, 0.5) is 5.69 Å². The lowest BCUT2D eigenvalue weighted by Crippen LogP contribution is -2.37. The zero-order valence-electron chi connectivity index (χ0n) is 21.7. The van der Waals surface area contributed by atoms with Gasteiger partial charge >= 0.3 is 0 Å². The second-order valence-corrected chi connectivity index (χ2v) is 12.9. The average Bonchev–Trinajstić information content (AvgIpc) is 3.31. The Morgan fingerprint density at radius 1 is 0.784 bits per heavy atom. The SMILES string of the molecule is CC(=NS(=O)(=O)c1ccc(C)cc1)N1CCN(S(=O)(=O)c2ccc(C)cc2)[C@H]1c1ccc(N(C)C)cc1. The number of amidine groups is 1. The van der Waals surface area contributed by atoms with Gasteiger partial charge in [-0.2, -0.15) is 12.7 Å². The van der Waals surface area contributed by atoms with Crippen LogP contribution >= 0.6 is 0 Å². The maximum absolute atomic E-state index is 13.7. The van der Waals surface area contributed by atoms with Crippen LogP contribution in [0.2, 0.25) is 0 Å². The molecule has 0 amide bonds. The van der Waals surface area contributed by atoms with Crippen LogP contribution in [0.25, 0.3) is 0 Å². The molecule has 0 aliphatic carbocycles. The molecule has 1 fully saturated rings. The summed E-state index contributed by atoms with van der Waals surface area (Å²) in [5.74, 6) is 0.226. The van der Waals surface area contributed by atoms with Crippen LogP contribution in [0.5, 0.6) is 0 Å². The van der Waals surface area contributed by atoms with E-state index >= 15 is 0 Å². The van der Waals surface area contributed by atoms with Gasteiger partial charge in [0.15, 0.2) is 0 Å². The molecule has 196 valence electrons. The Kier molecular flexibility index (Phi) is 7.45. The fourth-order valence-corrected chi connectivity index (χ4v) is 6.93. The summed E-state index contributed by atoms with van der Waals surface area (Å²) < 4.78 is 59.1. The molecule has 1 heterocycles. The van der Waals surface area contributed by atoms with E-state index in [2.05, 4.69) is 4.40 Å². The molecule has 0 saturated carbocycles. The van der Waals surface area contributed by atoms with Gasteiger partial charge in [0.05, 0.1) is 9.79 Å². The van der Waals surface area contributed by atoms with Crippen molar-refractivity contribution in [1.29, 1.82) is 0 Å². The number of hydrogen-bond donors (Lipinski definition) is 0. The Morgan fingerprint density at radius 3 is 1.81 bits per heavy atom. The number of hydrogen-bond acceptors (Lipinski definition) is 5. The molecule has 1 atom stereocenters. The molecule has 0 aromatic heterocycles. The highest BCUT2D eigenvalue weighted by molar-refractivity contribution is 7.90. The zero-order chi connectivity index (χ0) is 27.0. The predicted octanol–water partition coefficient (Wildman–Crippen LogP) is 4.18. The molecule has 8 nitrogen and oxygen atoms in total. The summed E-state index contributed by atoms with van der Waals surface area (Å²) in [6.45, 7) is 5.87. The summed E-state index contributed by atoms with van der Waals surface area (Å²) in [5.41, 5.74) is 3.59. The molecule has 3 aromatic carbocycles. The van der Waals surface area contributed by atoms with E-state index in [1.54, 1.807) is 48.2 Å². The average molecular weight is 541 g/mol. The topological polar surface area (TPSA) is 90.4 Å². The first-order valence-electron chi connectivity index (χ1n) is 11.9. The number of anilines is 1. The summed E-state index contributed by atoms with van der Waals surface area (Å²) in [6.07, 6.45) is -0.750. The third-order valence-electron chi connectivity index (χ3n) is 6.45. The predicted molar refractivity (Wildman–Crippen MR) is 147 cm³/mol. The molecule has 0 radical (unpaired) electrons. The fraction of sp³-hybridized carbons (Fsp3) is 0.296. The number of nitrogens with zero attached hydrogens (tertiary/aromatic N) is 4. The lowest BCUT2D eigenvalue weighted by atomic mass is 10.1. The summed E-state index contributed by atoms with van der Waals surface area (Å²) in [4.78, 5) is 3.98. The molecule has 1 aliphatic rings. The molecule has 4 rings (SSSR count). The third kappa shape index (κ3) is 5.56. The largest absolute Gasteiger partial charge is 0.378 e. The molecular formula is C27H32N4O4S2. The van der Waals surface area contributed by atoms with Crippen LogP contribution in [0, 0.1) is 13.8 Å². The van der Waals surface area contributed by atoms with Crippen LogP contribution < -0.4 is 4.90 Å². The Bertz CT molecular complexity index is 1500. The maximum Gasteiger partial charge on any atom is 0.283 e. The minimum atomic E-state index is -3.98. The summed E-state index contributed by atoms with van der Waals surface area (Å²) in [5, 5.41) is 0. The molecular weight excluding hydrogens is 508 g/mol. The Labute approximate surface area is 220 Å². The van der Waals surface area contributed by atoms with E-state index in [0.29, 0.717) is 6.54 Å². The summed E-state index contributed by atoms with van der Waals surface area (Å²) in [6, 6.07) is 20.8. The molecule has 10 heteroatoms. The van der Waals surface area contributed by atoms with E-state index in [4.69, 9.17) is 0 Å². The van der Waals surface area contributed by atoms with Gasteiger partial charge in [0.2, 0.25) is 10.0 Å². The third-order valence-corrected chi connectivity index (χ3v) is 9.69. The molecule has 0 N–H and O–H groups in total. The van der Waals surface area contributed by atoms with E-state index < -0.39 is 26.2 Å². The Morgan fingerprint density at radius 2 is 1.30 bits per heavy atom. The van der Waals surface area contributed by atoms with Crippen molar-refractivity contribution in [2.45, 2.75) is 36.7 Å². The van der Waals surface area contributed by atoms with Gasteiger partial charge < -0.3 is 9.80 Å². The first-order chi connectivity index (χ1) is 17.4. The van der Waals surface area contributed by atoms with E-state index in [1.807, 2.05) is 57.1 Å². The summed E-state index contributed by atoms with van der Waals surface area (Å²) >= 11 is 0. The van der Waals surface area contributed by atoms with Crippen LogP contribution in [0.1, 0.15) is 29.8 Å². The van der Waals surface area contributed by atoms with Gasteiger partial charge in [-0.3, -0.25) is 0 Å². The van der Waals surface area contributed by atoms with E-state index in [0.717, 1.165) is 22.4 Å². The lowest BCUT2D eigenvalue weighted by molar-refractivity contribution is 0.284. The minimum absolute atomic E-state index is 0.0904. The molecule has 1 aliphatic heterocycles. The maximum atomic E-state index is 13.7. The highest BCUT2D eigenvalue weighted by Gasteiger charge is 2.42. The van der Waals surface area contributed by atoms with Crippen LogP contribution in [-0.2, 0) is 20.0 Å². The van der Waals surface area contributed by atoms with Gasteiger partial charge in [-0.15, -0.1) is 4.40 Å². The van der Waals surface area contributed by atoms with Gasteiger partial charge in [-0.05, 0) is 62.7 Å². The second-order valence-electron chi connectivity index (χ2n) is 9.41. The quantitative estimate of drug-likeness (QED) is 0.344. The van der Waals surface area contributed by atoms with Crippen LogP contribution in [-0.4, -0.2) is 59.1 Å². The van der Waals surface area contributed by atoms with Crippen molar-refractivity contribution in [3.8, 4) is 0 Å². The highest BCUT2D eigenvalue weighted by atomic mass is 32.2. The number of rotatable bonds is 6. The zero-order valence-corrected chi connectivity index (χ0v) is 23.3. The molecule has 0 unspecified atom stereocenters. The molecule has 0 spiro atoms. The highest BCUT2D eigenvalue weighted by Crippen LogP contribution is 2.36. The monoisotopic (exact) mass is 540 g/mol. The Balaban J connectivity index is 1.77. The van der Waals surface area contributed by atoms with Gasteiger partial charge in [0, 0.05) is 32.9 Å². The first kappa shape index (κ1) is 26.8. The van der Waals surface area contributed by atoms with Crippen molar-refractivity contribution >= 4 is 31.6 Å². The molecule has 37 heavy (non-hydrogen) atoms. The van der Waals surface area contributed by atoms with Crippen molar-refractivity contribution in [3.05, 3.63) is 89.5 Å². The standard InChI is InChI=1S/C27H32N4O4S2/c1-20-6-14-25(15-7-20)36(32,33)28-22(3)30-18-19-31(37(34,35)26-16-8-21(2)9-17-26)27(30)23-10-12-24(13-11-23)29(4)5/h6-17,27H,18-19H2,1-5H3/t27-/m0/s1. The van der Waals surface area contributed by atoms with Crippen LogP contribution in [0.3, 0.4) is 0 Å². The van der Waals surface area contributed by atoms with Crippen molar-refractivity contribution < 1.29 is 16.8 Å². The molecule has 3 aromatic rings. The van der Waals surface area contributed by atoms with Crippen molar-refractivity contribution in [2.75, 3.05) is 32.1 Å². The van der Waals surface area contributed by atoms with Crippen molar-refractivity contribution in [2.24, 2.45) is 4.40 Å². The Hall–Kier alpha value is -3.21. The van der Waals surface area contributed by atoms with Crippen molar-refractivity contribution in [3.63, 3.8) is 0 Å². The normalized spacial score (nSPS) is 17.3. The van der Waals surface area contributed by atoms with Gasteiger partial charge in [0.1, 0.15) is 12.0 Å². The number of benzene rings is 3. The van der Waals surface area contributed by atoms with Gasteiger partial charge in [0.25, 0.3) is 10.0 Å². The first-order valence-corrected chi connectivity index (χ1v) is 14.8. The van der Waals surface area contributed by atoms with Gasteiger partial charge in [-0.1, -0.05) is 47.5 Å². The summed E-state index contributed by atoms with van der Waals surface area (Å²) in [7, 11) is -3.99. The molecule has 1 saturated heterocycles. The fourth-order valence-electron chi connectivity index (χ4n) is 4.32. The molecule has 0 bridgehead atoms. The van der Waals surface area contributed by atoms with Crippen molar-refractivity contribution in [1.82, 2.24) is 9.21 Å². The van der Waals surface area contributed by atoms with Gasteiger partial charge in [-0.25, -0.2) is 8.42 Å². The minimum Gasteiger partial charge on any atom is -0.378 e. The second kappa shape index (κ2) is 10.3. The number of sulfonamides is 2.